The largest absolute Gasteiger partial charge is 0.462 e. The highest BCUT2D eigenvalue weighted by Crippen LogP contribution is 2.39. The number of aryl methyl sites for hydroxylation is 1. The summed E-state index contributed by atoms with van der Waals surface area (Å²) in [4.78, 5) is 30.6. The predicted octanol–water partition coefficient (Wildman–Crippen LogP) is 6.03. The smallest absolute Gasteiger partial charge is 0.348 e. The summed E-state index contributed by atoms with van der Waals surface area (Å²) in [5, 5.41) is 22.6. The maximum atomic E-state index is 13.2. The Morgan fingerprint density at radius 1 is 1.31 bits per heavy atom. The summed E-state index contributed by atoms with van der Waals surface area (Å²) in [5.41, 5.74) is 3.56. The summed E-state index contributed by atoms with van der Waals surface area (Å²) in [6, 6.07) is 6.29. The van der Waals surface area contributed by atoms with Gasteiger partial charge in [0.25, 0.3) is 0 Å². The fourth-order valence-electron chi connectivity index (χ4n) is 4.33. The maximum Gasteiger partial charge on any atom is 0.348 e. The molecule has 1 N–H and O–H groups in total. The second-order valence-electron chi connectivity index (χ2n) is 9.96. The van der Waals surface area contributed by atoms with Crippen molar-refractivity contribution in [3.63, 3.8) is 0 Å². The van der Waals surface area contributed by atoms with Crippen molar-refractivity contribution in [1.82, 2.24) is 4.98 Å². The van der Waals surface area contributed by atoms with Crippen LogP contribution in [0.3, 0.4) is 0 Å². The van der Waals surface area contributed by atoms with Crippen LogP contribution in [0.4, 0.5) is 5.00 Å². The van der Waals surface area contributed by atoms with E-state index in [1.54, 1.807) is 13.8 Å². The van der Waals surface area contributed by atoms with Gasteiger partial charge < -0.3 is 10.1 Å². The molecule has 0 bridgehead atoms. The first-order valence-corrected chi connectivity index (χ1v) is 13.8. The van der Waals surface area contributed by atoms with Crippen molar-refractivity contribution < 1.29 is 14.3 Å². The minimum Gasteiger partial charge on any atom is -0.462 e. The predicted molar refractivity (Wildman–Crippen MR) is 142 cm³/mol. The minimum absolute atomic E-state index is 0.193. The first kappa shape index (κ1) is 27.7. The van der Waals surface area contributed by atoms with Gasteiger partial charge in [-0.3, -0.25) is 4.79 Å². The van der Waals surface area contributed by atoms with Crippen LogP contribution in [0.5, 0.6) is 0 Å². The van der Waals surface area contributed by atoms with E-state index in [9.17, 15) is 20.1 Å². The van der Waals surface area contributed by atoms with E-state index >= 15 is 0 Å². The molecule has 1 aliphatic carbocycles. The number of hydrogen-bond acceptors (Lipinski definition) is 8. The number of pyridine rings is 1. The van der Waals surface area contributed by atoms with Gasteiger partial charge in [-0.05, 0) is 68.1 Å². The Bertz CT molecular complexity index is 1250. The average molecular weight is 525 g/mol. The lowest BCUT2D eigenvalue weighted by atomic mass is 9.71. The van der Waals surface area contributed by atoms with Crippen molar-refractivity contribution in [3.05, 3.63) is 38.9 Å². The van der Waals surface area contributed by atoms with E-state index in [1.807, 2.05) is 13.0 Å². The third-order valence-corrected chi connectivity index (χ3v) is 9.12. The number of ether oxygens (including phenoxy) is 1. The normalized spacial score (nSPS) is 15.8. The summed E-state index contributed by atoms with van der Waals surface area (Å²) in [7, 11) is 0. The van der Waals surface area contributed by atoms with E-state index in [2.05, 4.69) is 38.2 Å². The maximum absolute atomic E-state index is 13.2. The molecule has 190 valence electrons. The second-order valence-corrected chi connectivity index (χ2v) is 12.2. The molecule has 0 saturated heterocycles. The zero-order valence-corrected chi connectivity index (χ0v) is 23.3. The first-order valence-electron chi connectivity index (χ1n) is 12.1. The summed E-state index contributed by atoms with van der Waals surface area (Å²) < 4.78 is 5.08. The molecular formula is C27H32N4O3S2. The average Bonchev–Trinajstić information content (AvgIpc) is 3.15. The molecule has 0 aliphatic heterocycles. The summed E-state index contributed by atoms with van der Waals surface area (Å²) in [6.45, 7) is 12.2. The number of nitriles is 2. The van der Waals surface area contributed by atoms with Crippen LogP contribution in [0, 0.1) is 40.9 Å². The van der Waals surface area contributed by atoms with E-state index in [0.29, 0.717) is 38.4 Å². The molecule has 0 radical (unpaired) electrons. The van der Waals surface area contributed by atoms with E-state index in [-0.39, 0.29) is 23.5 Å². The number of hydrogen-bond donors (Lipinski definition) is 1. The molecule has 2 aromatic heterocycles. The number of fused-ring (bicyclic) bond motifs is 1. The number of esters is 1. The number of nitrogens with one attached hydrogen (secondary N) is 1. The van der Waals surface area contributed by atoms with Crippen LogP contribution in [0.2, 0.25) is 0 Å². The second kappa shape index (κ2) is 11.5. The topological polar surface area (TPSA) is 116 Å². The van der Waals surface area contributed by atoms with Crippen molar-refractivity contribution in [2.24, 2.45) is 11.3 Å². The van der Waals surface area contributed by atoms with Crippen LogP contribution in [-0.4, -0.2) is 28.7 Å². The zero-order valence-electron chi connectivity index (χ0n) is 21.7. The van der Waals surface area contributed by atoms with Crippen LogP contribution in [0.15, 0.2) is 11.1 Å². The van der Waals surface area contributed by atoms with Crippen LogP contribution in [-0.2, 0) is 22.4 Å². The third-order valence-electron chi connectivity index (χ3n) is 6.57. The monoisotopic (exact) mass is 524 g/mol. The van der Waals surface area contributed by atoms with Gasteiger partial charge in [0.1, 0.15) is 27.0 Å². The molecule has 2 aromatic rings. The van der Waals surface area contributed by atoms with Gasteiger partial charge in [0.2, 0.25) is 5.91 Å². The van der Waals surface area contributed by atoms with Gasteiger partial charge >= 0.3 is 5.97 Å². The lowest BCUT2D eigenvalue weighted by molar-refractivity contribution is -0.115. The molecule has 1 amide bonds. The standard InChI is InChI=1S/C27H32N4O3S2/c1-7-21(23(32)31-25-19(14-29)15(3)22(36-25)26(33)34-8-2)35-24-17(13-28)11-16-12-18(27(4,5)6)9-10-20(16)30-24/h11,18,21H,7-10,12H2,1-6H3,(H,31,32). The third kappa shape index (κ3) is 5.91. The highest BCUT2D eigenvalue weighted by Gasteiger charge is 2.31. The number of amides is 1. The number of thioether (sulfide) groups is 1. The van der Waals surface area contributed by atoms with Crippen LogP contribution in [0.1, 0.15) is 85.1 Å². The number of aromatic nitrogens is 1. The molecule has 0 fully saturated rings. The van der Waals surface area contributed by atoms with Crippen molar-refractivity contribution in [2.45, 2.75) is 77.5 Å². The summed E-state index contributed by atoms with van der Waals surface area (Å²) in [6.07, 6.45) is 3.31. The van der Waals surface area contributed by atoms with Crippen molar-refractivity contribution in [1.29, 1.82) is 10.5 Å². The molecule has 1 aliphatic rings. The molecule has 3 rings (SSSR count). The number of carbonyl (C=O) groups is 2. The lowest BCUT2D eigenvalue weighted by Crippen LogP contribution is -2.28. The van der Waals surface area contributed by atoms with Crippen LogP contribution >= 0.6 is 23.1 Å². The van der Waals surface area contributed by atoms with E-state index < -0.39 is 11.2 Å². The number of carbonyl (C=O) groups excluding carboxylic acids is 2. The molecule has 9 heteroatoms. The Kier molecular flexibility index (Phi) is 8.81. The van der Waals surface area contributed by atoms with Crippen molar-refractivity contribution in [3.8, 4) is 12.1 Å². The molecule has 0 spiro atoms. The van der Waals surface area contributed by atoms with E-state index in [4.69, 9.17) is 9.72 Å². The first-order chi connectivity index (χ1) is 17.0. The molecule has 7 nitrogen and oxygen atoms in total. The van der Waals surface area contributed by atoms with E-state index in [1.165, 1.54) is 11.8 Å². The molecular weight excluding hydrogens is 492 g/mol. The van der Waals surface area contributed by atoms with Gasteiger partial charge in [-0.1, -0.05) is 39.5 Å². The quantitative estimate of drug-likeness (QED) is 0.347. The van der Waals surface area contributed by atoms with Gasteiger partial charge in [0.15, 0.2) is 0 Å². The summed E-state index contributed by atoms with van der Waals surface area (Å²) >= 11 is 2.31. The molecule has 2 heterocycles. The van der Waals surface area contributed by atoms with Crippen molar-refractivity contribution in [2.75, 3.05) is 11.9 Å². The molecule has 36 heavy (non-hydrogen) atoms. The van der Waals surface area contributed by atoms with Gasteiger partial charge in [0, 0.05) is 5.69 Å². The molecule has 0 aromatic carbocycles. The van der Waals surface area contributed by atoms with E-state index in [0.717, 1.165) is 41.9 Å². The molecule has 0 saturated carbocycles. The van der Waals surface area contributed by atoms with Crippen LogP contribution < -0.4 is 5.32 Å². The Labute approximate surface area is 221 Å². The summed E-state index contributed by atoms with van der Waals surface area (Å²) in [5.74, 6) is -0.273. The highest BCUT2D eigenvalue weighted by molar-refractivity contribution is 8.00. The van der Waals surface area contributed by atoms with Gasteiger partial charge in [-0.15, -0.1) is 11.3 Å². The van der Waals surface area contributed by atoms with Crippen LogP contribution in [0.25, 0.3) is 0 Å². The Hall–Kier alpha value is -2.88. The van der Waals surface area contributed by atoms with Gasteiger partial charge in [-0.25, -0.2) is 9.78 Å². The Balaban J connectivity index is 1.83. The van der Waals surface area contributed by atoms with Gasteiger partial charge in [-0.2, -0.15) is 10.5 Å². The number of thiophene rings is 1. The Morgan fingerprint density at radius 3 is 2.61 bits per heavy atom. The fraction of sp³-hybridized carbons (Fsp3) is 0.519. The minimum atomic E-state index is -0.520. The Morgan fingerprint density at radius 2 is 2.03 bits per heavy atom. The number of rotatable bonds is 7. The molecule has 2 atom stereocenters. The van der Waals surface area contributed by atoms with Gasteiger partial charge in [0.05, 0.1) is 23.0 Å². The molecule has 2 unspecified atom stereocenters. The zero-order chi connectivity index (χ0) is 26.6. The number of anilines is 1. The highest BCUT2D eigenvalue weighted by atomic mass is 32.2. The number of nitrogens with zero attached hydrogens (tertiary/aromatic N) is 3. The SMILES string of the molecule is CCOC(=O)c1sc(NC(=O)C(CC)Sc2nc3c(cc2C#N)CC(C(C)(C)C)CC3)c(C#N)c1C. The lowest BCUT2D eigenvalue weighted by Gasteiger charge is -2.34. The fourth-order valence-corrected chi connectivity index (χ4v) is 6.38. The van der Waals surface area contributed by atoms with Crippen molar-refractivity contribution >= 4 is 40.0 Å².